The lowest BCUT2D eigenvalue weighted by molar-refractivity contribution is 0.421. The van der Waals surface area contributed by atoms with E-state index in [4.69, 9.17) is 4.74 Å². The molecule has 0 radical (unpaired) electrons. The quantitative estimate of drug-likeness (QED) is 0.724. The summed E-state index contributed by atoms with van der Waals surface area (Å²) < 4.78 is 19.5. The molecule has 14 heavy (non-hydrogen) atoms. The van der Waals surface area contributed by atoms with Gasteiger partial charge in [0.05, 0.1) is 16.7 Å². The third-order valence-corrected chi connectivity index (χ3v) is 3.97. The first-order chi connectivity index (χ1) is 6.77. The van der Waals surface area contributed by atoms with Crippen LogP contribution >= 0.6 is 23.1 Å². The van der Waals surface area contributed by atoms with Gasteiger partial charge in [0.15, 0.2) is 0 Å². The van der Waals surface area contributed by atoms with Gasteiger partial charge >= 0.3 is 0 Å². The van der Waals surface area contributed by atoms with Crippen LogP contribution in [-0.4, -0.2) is 13.4 Å². The fourth-order valence-electron chi connectivity index (χ4n) is 1.37. The number of hydrogen-bond acceptors (Lipinski definition) is 3. The first-order valence-corrected chi connectivity index (χ1v) is 6.16. The Morgan fingerprint density at radius 1 is 1.43 bits per heavy atom. The molecule has 0 fully saturated rings. The molecule has 1 heterocycles. The molecule has 0 aliphatic heterocycles. The van der Waals surface area contributed by atoms with Gasteiger partial charge in [-0.3, -0.25) is 0 Å². The molecule has 0 N–H and O–H groups in total. The number of thiophene rings is 1. The smallest absolute Gasteiger partial charge is 0.138 e. The maximum absolute atomic E-state index is 13.4. The molecule has 0 spiro atoms. The van der Waals surface area contributed by atoms with Crippen LogP contribution in [0.2, 0.25) is 0 Å². The summed E-state index contributed by atoms with van der Waals surface area (Å²) in [4.78, 5) is 0.704. The summed E-state index contributed by atoms with van der Waals surface area (Å²) >= 11 is 2.95. The maximum atomic E-state index is 13.4. The van der Waals surface area contributed by atoms with Crippen molar-refractivity contribution in [3.05, 3.63) is 23.3 Å². The number of fused-ring (bicyclic) bond motifs is 1. The van der Waals surface area contributed by atoms with Gasteiger partial charge in [-0.15, -0.1) is 23.1 Å². The first kappa shape index (κ1) is 9.80. The van der Waals surface area contributed by atoms with Crippen molar-refractivity contribution < 1.29 is 9.13 Å². The fourth-order valence-corrected chi connectivity index (χ4v) is 3.27. The first-order valence-electron chi connectivity index (χ1n) is 4.05. The predicted molar refractivity (Wildman–Crippen MR) is 60.1 cm³/mol. The minimum absolute atomic E-state index is 0.158. The summed E-state index contributed by atoms with van der Waals surface area (Å²) in [6.45, 7) is 0. The van der Waals surface area contributed by atoms with E-state index in [-0.39, 0.29) is 5.82 Å². The van der Waals surface area contributed by atoms with Crippen LogP contribution in [0, 0.1) is 5.82 Å². The number of thioether (sulfide) groups is 1. The molecule has 0 bridgehead atoms. The number of hydrogen-bond donors (Lipinski definition) is 0. The number of methoxy groups -OCH3 is 1. The Kier molecular flexibility index (Phi) is 2.65. The Hall–Kier alpha value is -0.740. The van der Waals surface area contributed by atoms with Crippen molar-refractivity contribution in [1.82, 2.24) is 0 Å². The van der Waals surface area contributed by atoms with E-state index in [2.05, 4.69) is 0 Å². The van der Waals surface area contributed by atoms with Crippen molar-refractivity contribution in [2.45, 2.75) is 4.90 Å². The zero-order valence-electron chi connectivity index (χ0n) is 7.83. The van der Waals surface area contributed by atoms with Gasteiger partial charge in [-0.1, -0.05) is 0 Å². The van der Waals surface area contributed by atoms with Crippen molar-refractivity contribution in [3.8, 4) is 5.75 Å². The standard InChI is InChI=1S/C10H9FOS2/c1-12-8-5-14-9-6(8)3-4-7(11)10(9)13-2/h3-5H,1-2H3. The Morgan fingerprint density at radius 3 is 2.86 bits per heavy atom. The van der Waals surface area contributed by atoms with Crippen molar-refractivity contribution in [2.24, 2.45) is 0 Å². The van der Waals surface area contributed by atoms with Crippen LogP contribution in [0.3, 0.4) is 0 Å². The molecule has 2 rings (SSSR count). The average Bonchev–Trinajstić information content (AvgIpc) is 2.60. The number of halogens is 1. The highest BCUT2D eigenvalue weighted by Gasteiger charge is 2.11. The zero-order valence-corrected chi connectivity index (χ0v) is 9.47. The monoisotopic (exact) mass is 228 g/mol. The minimum atomic E-state index is -0.158. The highest BCUT2D eigenvalue weighted by Crippen LogP contribution is 2.38. The molecular formula is C10H9FOS2. The summed E-state index contributed by atoms with van der Waals surface area (Å²) in [5.41, 5.74) is 0. The van der Waals surface area contributed by atoms with E-state index in [0.29, 0.717) is 4.90 Å². The Balaban J connectivity index is 2.76. The molecule has 0 atom stereocenters. The minimum Gasteiger partial charge on any atom is -0.495 e. The molecule has 0 aliphatic carbocycles. The topological polar surface area (TPSA) is 9.23 Å². The summed E-state index contributed by atoms with van der Waals surface area (Å²) in [6, 6.07) is 3.25. The lowest BCUT2D eigenvalue weighted by Crippen LogP contribution is -1.82. The van der Waals surface area contributed by atoms with E-state index in [1.54, 1.807) is 13.2 Å². The summed E-state index contributed by atoms with van der Waals surface area (Å²) in [5.74, 6) is 0.662. The van der Waals surface area contributed by atoms with Gasteiger partial charge in [-0.25, -0.2) is 4.39 Å². The number of ether oxygens (including phenoxy) is 1. The second kappa shape index (κ2) is 3.79. The van der Waals surface area contributed by atoms with Crippen molar-refractivity contribution in [3.63, 3.8) is 0 Å². The molecule has 0 unspecified atom stereocenters. The van der Waals surface area contributed by atoms with Crippen LogP contribution in [0.4, 0.5) is 4.39 Å². The van der Waals surface area contributed by atoms with Crippen molar-refractivity contribution in [2.75, 3.05) is 13.4 Å². The third-order valence-electron chi connectivity index (χ3n) is 2.04. The van der Waals surface area contributed by atoms with E-state index < -0.39 is 0 Å². The van der Waals surface area contributed by atoms with Crippen LogP contribution in [0.15, 0.2) is 22.4 Å². The van der Waals surface area contributed by atoms with E-state index >= 15 is 0 Å². The van der Waals surface area contributed by atoms with Crippen LogP contribution in [0.5, 0.6) is 5.75 Å². The normalized spacial score (nSPS) is 10.8. The third kappa shape index (κ3) is 1.38. The molecule has 0 saturated heterocycles. The molecule has 1 aromatic heterocycles. The zero-order chi connectivity index (χ0) is 10.1. The number of benzene rings is 1. The lowest BCUT2D eigenvalue weighted by atomic mass is 10.2. The van der Waals surface area contributed by atoms with E-state index in [1.807, 2.05) is 11.6 Å². The highest BCUT2D eigenvalue weighted by atomic mass is 32.2. The van der Waals surface area contributed by atoms with Gasteiger partial charge in [-0.2, -0.15) is 0 Å². The molecule has 1 aromatic carbocycles. The van der Waals surface area contributed by atoms with Crippen LogP contribution < -0.4 is 4.74 Å². The second-order valence-electron chi connectivity index (χ2n) is 2.76. The molecule has 1 nitrogen and oxygen atoms in total. The van der Waals surface area contributed by atoms with Gasteiger partial charge in [-0.05, 0) is 18.4 Å². The SMILES string of the molecule is COc1csc2c(SC)c(F)ccc12. The molecule has 74 valence electrons. The molecule has 0 saturated carbocycles. The largest absolute Gasteiger partial charge is 0.495 e. The van der Waals surface area contributed by atoms with Gasteiger partial charge in [0.25, 0.3) is 0 Å². The van der Waals surface area contributed by atoms with Crippen molar-refractivity contribution in [1.29, 1.82) is 0 Å². The Labute approximate surface area is 89.9 Å². The van der Waals surface area contributed by atoms with Gasteiger partial charge < -0.3 is 4.74 Å². The van der Waals surface area contributed by atoms with E-state index in [1.165, 1.54) is 29.2 Å². The summed E-state index contributed by atoms with van der Waals surface area (Å²) in [7, 11) is 1.63. The van der Waals surface area contributed by atoms with Crippen LogP contribution in [-0.2, 0) is 0 Å². The predicted octanol–water partition coefficient (Wildman–Crippen LogP) is 3.77. The average molecular weight is 228 g/mol. The molecule has 0 amide bonds. The Bertz CT molecular complexity index is 464. The lowest BCUT2D eigenvalue weighted by Gasteiger charge is -2.01. The molecular weight excluding hydrogens is 219 g/mol. The summed E-state index contributed by atoms with van der Waals surface area (Å²) in [6.07, 6.45) is 1.88. The highest BCUT2D eigenvalue weighted by molar-refractivity contribution is 7.99. The Morgan fingerprint density at radius 2 is 2.21 bits per heavy atom. The molecule has 0 aliphatic rings. The van der Waals surface area contributed by atoms with Gasteiger partial charge in [0, 0.05) is 10.8 Å². The van der Waals surface area contributed by atoms with Gasteiger partial charge in [0.2, 0.25) is 0 Å². The van der Waals surface area contributed by atoms with Gasteiger partial charge in [0.1, 0.15) is 11.6 Å². The maximum Gasteiger partial charge on any atom is 0.138 e. The fraction of sp³-hybridized carbons (Fsp3) is 0.200. The van der Waals surface area contributed by atoms with Crippen molar-refractivity contribution >= 4 is 33.2 Å². The van der Waals surface area contributed by atoms with Crippen LogP contribution in [0.25, 0.3) is 10.1 Å². The molecule has 2 aromatic rings. The second-order valence-corrected chi connectivity index (χ2v) is 4.46. The number of rotatable bonds is 2. The van der Waals surface area contributed by atoms with E-state index in [0.717, 1.165) is 15.8 Å². The summed E-state index contributed by atoms with van der Waals surface area (Å²) in [5, 5.41) is 2.90. The van der Waals surface area contributed by atoms with E-state index in [9.17, 15) is 4.39 Å². The molecule has 4 heteroatoms. The van der Waals surface area contributed by atoms with Crippen LogP contribution in [0.1, 0.15) is 0 Å².